The van der Waals surface area contributed by atoms with E-state index in [2.05, 4.69) is 25.6 Å². The Bertz CT molecular complexity index is 945. The fourth-order valence-electron chi connectivity index (χ4n) is 3.68. The van der Waals surface area contributed by atoms with Gasteiger partial charge in [-0.25, -0.2) is 4.39 Å². The Morgan fingerprint density at radius 2 is 2.15 bits per heavy atom. The Labute approximate surface area is 155 Å². The van der Waals surface area contributed by atoms with Crippen LogP contribution >= 0.6 is 0 Å². The van der Waals surface area contributed by atoms with Crippen LogP contribution in [0.1, 0.15) is 25.0 Å². The second kappa shape index (κ2) is 6.67. The fraction of sp³-hybridized carbons (Fsp3) is 0.333. The Hall–Kier alpha value is -2.91. The highest BCUT2D eigenvalue weighted by atomic mass is 19.1. The fourth-order valence-corrected chi connectivity index (χ4v) is 3.68. The second-order valence-electron chi connectivity index (χ2n) is 6.83. The minimum absolute atomic E-state index is 0.0839. The third-order valence-corrected chi connectivity index (χ3v) is 5.05. The minimum atomic E-state index is -0.535. The number of hydrogen-bond donors (Lipinski definition) is 3. The highest BCUT2D eigenvalue weighted by molar-refractivity contribution is 5.80. The highest BCUT2D eigenvalue weighted by Gasteiger charge is 2.36. The third-order valence-electron chi connectivity index (χ3n) is 5.05. The second-order valence-corrected chi connectivity index (χ2v) is 6.83. The van der Waals surface area contributed by atoms with E-state index >= 15 is 0 Å². The first kappa shape index (κ1) is 17.5. The van der Waals surface area contributed by atoms with E-state index in [1.165, 1.54) is 13.2 Å². The molecule has 8 nitrogen and oxygen atoms in total. The van der Waals surface area contributed by atoms with Crippen molar-refractivity contribution in [3.05, 3.63) is 42.0 Å². The van der Waals surface area contributed by atoms with E-state index in [9.17, 15) is 4.39 Å². The summed E-state index contributed by atoms with van der Waals surface area (Å²) < 4.78 is 20.1. The molecule has 0 saturated heterocycles. The molecule has 1 fully saturated rings. The molecule has 2 atom stereocenters. The minimum Gasteiger partial charge on any atom is -0.495 e. The smallest absolute Gasteiger partial charge is 0.208 e. The average molecular weight is 369 g/mol. The molecule has 0 amide bonds. The van der Waals surface area contributed by atoms with Crippen molar-refractivity contribution in [3.63, 3.8) is 0 Å². The van der Waals surface area contributed by atoms with Gasteiger partial charge in [0.25, 0.3) is 0 Å². The third kappa shape index (κ3) is 3.04. The molecule has 5 N–H and O–H groups in total. The molecule has 0 aliphatic heterocycles. The van der Waals surface area contributed by atoms with E-state index in [-0.39, 0.29) is 11.6 Å². The van der Waals surface area contributed by atoms with Crippen LogP contribution in [0, 0.1) is 5.82 Å². The number of halogens is 1. The standard InChI is InChI=1S/C18H20FN7O/c1-27-16-12(17-23-25-26-24-17)3-4-13(19)15(16)10-2-5-14(22-9-10)18(21)7-6-11(20)8-18/h2-5,9,11H,6-8,20-21H2,1H3,(H,23,24,25,26). The molecule has 0 spiro atoms. The topological polar surface area (TPSA) is 129 Å². The zero-order valence-corrected chi connectivity index (χ0v) is 14.8. The van der Waals surface area contributed by atoms with Gasteiger partial charge in [0.2, 0.25) is 5.82 Å². The molecule has 2 aromatic heterocycles. The summed E-state index contributed by atoms with van der Waals surface area (Å²) in [6.45, 7) is 0. The highest BCUT2D eigenvalue weighted by Crippen LogP contribution is 2.40. The molecule has 1 saturated carbocycles. The van der Waals surface area contributed by atoms with Crippen molar-refractivity contribution in [2.75, 3.05) is 7.11 Å². The molecule has 2 unspecified atom stereocenters. The van der Waals surface area contributed by atoms with Crippen molar-refractivity contribution in [1.82, 2.24) is 25.6 Å². The monoisotopic (exact) mass is 369 g/mol. The lowest BCUT2D eigenvalue weighted by Gasteiger charge is -2.23. The quantitative estimate of drug-likeness (QED) is 0.639. The van der Waals surface area contributed by atoms with Gasteiger partial charge in [0, 0.05) is 17.8 Å². The van der Waals surface area contributed by atoms with Gasteiger partial charge in [-0.05, 0) is 42.7 Å². The van der Waals surface area contributed by atoms with Crippen molar-refractivity contribution in [3.8, 4) is 28.3 Å². The molecule has 1 aliphatic rings. The number of aromatic nitrogens is 5. The number of tetrazole rings is 1. The summed E-state index contributed by atoms with van der Waals surface area (Å²) >= 11 is 0. The van der Waals surface area contributed by atoms with E-state index in [0.29, 0.717) is 29.1 Å². The van der Waals surface area contributed by atoms with E-state index < -0.39 is 11.4 Å². The number of methoxy groups -OCH3 is 1. The van der Waals surface area contributed by atoms with Gasteiger partial charge in [-0.3, -0.25) is 4.98 Å². The van der Waals surface area contributed by atoms with E-state index in [0.717, 1.165) is 18.5 Å². The van der Waals surface area contributed by atoms with Gasteiger partial charge in [0.15, 0.2) is 0 Å². The summed E-state index contributed by atoms with van der Waals surface area (Å²) in [5.41, 5.74) is 14.1. The summed E-state index contributed by atoms with van der Waals surface area (Å²) in [7, 11) is 1.47. The van der Waals surface area contributed by atoms with Crippen LogP contribution in [-0.4, -0.2) is 38.8 Å². The number of H-pyrrole nitrogens is 1. The molecule has 1 aromatic carbocycles. The molecule has 4 rings (SSSR count). The van der Waals surface area contributed by atoms with Crippen molar-refractivity contribution in [2.24, 2.45) is 11.5 Å². The van der Waals surface area contributed by atoms with Crippen molar-refractivity contribution in [2.45, 2.75) is 30.8 Å². The van der Waals surface area contributed by atoms with E-state index in [1.54, 1.807) is 18.3 Å². The van der Waals surface area contributed by atoms with Gasteiger partial charge in [-0.1, -0.05) is 6.07 Å². The summed E-state index contributed by atoms with van der Waals surface area (Å²) in [6, 6.07) is 6.60. The zero-order valence-electron chi connectivity index (χ0n) is 14.8. The van der Waals surface area contributed by atoms with Crippen LogP contribution in [0.5, 0.6) is 5.75 Å². The number of aromatic amines is 1. The molecule has 0 radical (unpaired) electrons. The first-order valence-corrected chi connectivity index (χ1v) is 8.63. The SMILES string of the molecule is COc1c(-c2nn[nH]n2)ccc(F)c1-c1ccc(C2(N)CCC(N)C2)nc1. The number of pyridine rings is 1. The predicted molar refractivity (Wildman–Crippen MR) is 97.0 cm³/mol. The van der Waals surface area contributed by atoms with Crippen LogP contribution in [0.2, 0.25) is 0 Å². The number of benzene rings is 1. The Morgan fingerprint density at radius 1 is 1.30 bits per heavy atom. The van der Waals surface area contributed by atoms with Gasteiger partial charge < -0.3 is 16.2 Å². The van der Waals surface area contributed by atoms with Gasteiger partial charge in [-0.15, -0.1) is 10.2 Å². The first-order chi connectivity index (χ1) is 13.0. The predicted octanol–water partition coefficient (Wildman–Crippen LogP) is 1.74. The van der Waals surface area contributed by atoms with Gasteiger partial charge in [0.1, 0.15) is 11.6 Å². The number of nitrogens with zero attached hydrogens (tertiary/aromatic N) is 4. The van der Waals surface area contributed by atoms with Crippen LogP contribution in [0.25, 0.3) is 22.5 Å². The average Bonchev–Trinajstić information content (AvgIpc) is 3.32. The lowest BCUT2D eigenvalue weighted by molar-refractivity contribution is 0.414. The van der Waals surface area contributed by atoms with Crippen LogP contribution in [0.3, 0.4) is 0 Å². The summed E-state index contributed by atoms with van der Waals surface area (Å²) in [5, 5.41) is 13.8. The lowest BCUT2D eigenvalue weighted by Crippen LogP contribution is -2.36. The molecular weight excluding hydrogens is 349 g/mol. The molecule has 2 heterocycles. The van der Waals surface area contributed by atoms with Crippen molar-refractivity contribution < 1.29 is 9.13 Å². The maximum atomic E-state index is 14.7. The number of nitrogens with two attached hydrogens (primary N) is 2. The van der Waals surface area contributed by atoms with Crippen LogP contribution < -0.4 is 16.2 Å². The molecule has 0 bridgehead atoms. The molecule has 9 heteroatoms. The summed E-state index contributed by atoms with van der Waals surface area (Å²) in [6.07, 6.45) is 3.94. The van der Waals surface area contributed by atoms with Crippen molar-refractivity contribution in [1.29, 1.82) is 0 Å². The molecular formula is C18H20FN7O. The summed E-state index contributed by atoms with van der Waals surface area (Å²) in [5.74, 6) is 0.203. The Morgan fingerprint density at radius 3 is 2.74 bits per heavy atom. The van der Waals surface area contributed by atoms with E-state index in [1.807, 2.05) is 6.07 Å². The maximum absolute atomic E-state index is 14.7. The van der Waals surface area contributed by atoms with E-state index in [4.69, 9.17) is 16.2 Å². The van der Waals surface area contributed by atoms with Crippen LogP contribution in [0.15, 0.2) is 30.5 Å². The Balaban J connectivity index is 1.76. The van der Waals surface area contributed by atoms with Crippen LogP contribution in [-0.2, 0) is 5.54 Å². The molecule has 27 heavy (non-hydrogen) atoms. The first-order valence-electron chi connectivity index (χ1n) is 8.63. The lowest BCUT2D eigenvalue weighted by atomic mass is 9.92. The van der Waals surface area contributed by atoms with Gasteiger partial charge in [-0.2, -0.15) is 5.21 Å². The number of rotatable bonds is 4. The maximum Gasteiger partial charge on any atom is 0.208 e. The molecule has 3 aromatic rings. The van der Waals surface area contributed by atoms with Crippen LogP contribution in [0.4, 0.5) is 4.39 Å². The van der Waals surface area contributed by atoms with Crippen molar-refractivity contribution >= 4 is 0 Å². The number of nitrogens with one attached hydrogen (secondary N) is 1. The number of ether oxygens (including phenoxy) is 1. The van der Waals surface area contributed by atoms with Gasteiger partial charge in [0.05, 0.1) is 29.5 Å². The molecule has 1 aliphatic carbocycles. The van der Waals surface area contributed by atoms with Gasteiger partial charge >= 0.3 is 0 Å². The number of hydrogen-bond acceptors (Lipinski definition) is 7. The Kier molecular flexibility index (Phi) is 4.33. The summed E-state index contributed by atoms with van der Waals surface area (Å²) in [4.78, 5) is 4.50. The largest absolute Gasteiger partial charge is 0.495 e. The molecule has 140 valence electrons. The normalized spacial score (nSPS) is 22.1. The zero-order chi connectivity index (χ0) is 19.0.